The van der Waals surface area contributed by atoms with Gasteiger partial charge < -0.3 is 33.2 Å². The molecule has 0 fully saturated rings. The summed E-state index contributed by atoms with van der Waals surface area (Å²) in [5.41, 5.74) is 5.69. The van der Waals surface area contributed by atoms with Gasteiger partial charge in [0.05, 0.1) is 40.6 Å². The van der Waals surface area contributed by atoms with Gasteiger partial charge in [-0.05, 0) is 59.9 Å². The van der Waals surface area contributed by atoms with E-state index in [1.165, 1.54) is 17.7 Å². The Bertz CT molecular complexity index is 1320. The summed E-state index contributed by atoms with van der Waals surface area (Å²) in [4.78, 5) is 9.24. The molecule has 0 bridgehead atoms. The number of rotatable bonds is 15. The second kappa shape index (κ2) is 14.6. The van der Waals surface area contributed by atoms with Crippen molar-refractivity contribution in [3.8, 4) is 11.5 Å². The number of fused-ring (bicyclic) bond motifs is 1. The summed E-state index contributed by atoms with van der Waals surface area (Å²) in [6, 6.07) is 25.2. The zero-order chi connectivity index (χ0) is 28.3. The lowest BCUT2D eigenvalue weighted by Crippen LogP contribution is -2.32. The van der Waals surface area contributed by atoms with Crippen LogP contribution < -0.4 is 19.3 Å². The van der Waals surface area contributed by atoms with Crippen LogP contribution in [0.1, 0.15) is 28.8 Å². The first-order chi connectivity index (χ1) is 20.2. The van der Waals surface area contributed by atoms with Gasteiger partial charge in [0.25, 0.3) is 6.01 Å². The van der Waals surface area contributed by atoms with Crippen LogP contribution in [-0.2, 0) is 35.6 Å². The molecule has 0 saturated heterocycles. The van der Waals surface area contributed by atoms with Gasteiger partial charge in [0.1, 0.15) is 23.5 Å². The van der Waals surface area contributed by atoms with Gasteiger partial charge in [0.15, 0.2) is 0 Å². The lowest BCUT2D eigenvalue weighted by molar-refractivity contribution is 0.0417. The largest absolute Gasteiger partial charge is 0.497 e. The second-order valence-corrected chi connectivity index (χ2v) is 10.1. The first-order valence-corrected chi connectivity index (χ1v) is 14.2. The number of nitrogens with zero attached hydrogens (tertiary/aromatic N) is 3. The molecule has 1 aromatic heterocycles. The number of aromatic nitrogens is 1. The molecule has 0 N–H and O–H groups in total. The number of hydrogen-bond acceptors (Lipinski definition) is 8. The van der Waals surface area contributed by atoms with Crippen molar-refractivity contribution in [1.29, 1.82) is 0 Å². The molecule has 0 radical (unpaired) electrons. The Hall–Kier alpha value is -4.01. The highest BCUT2D eigenvalue weighted by atomic mass is 16.5. The quantitative estimate of drug-likeness (QED) is 0.168. The summed E-state index contributed by atoms with van der Waals surface area (Å²) in [6.07, 6.45) is 4.01. The molecule has 0 amide bonds. The van der Waals surface area contributed by atoms with Gasteiger partial charge in [-0.1, -0.05) is 42.5 Å². The van der Waals surface area contributed by atoms with Crippen LogP contribution in [0, 0.1) is 0 Å². The summed E-state index contributed by atoms with van der Waals surface area (Å²) in [5.74, 6) is 1.63. The molecule has 0 saturated carbocycles. The van der Waals surface area contributed by atoms with Gasteiger partial charge in [-0.2, -0.15) is 4.98 Å². The van der Waals surface area contributed by atoms with Crippen LogP contribution >= 0.6 is 0 Å². The lowest BCUT2D eigenvalue weighted by Gasteiger charge is -2.31. The highest BCUT2D eigenvalue weighted by Gasteiger charge is 2.17. The first-order valence-electron chi connectivity index (χ1n) is 14.2. The SMILES string of the molecule is COc1cccc(CN(Cc2cccc(OC)c2)c2nc(COCCOCCN3CCCc4ccccc43)co2)c1. The first kappa shape index (κ1) is 28.5. The average Bonchev–Trinajstić information content (AvgIpc) is 3.49. The number of ether oxygens (including phenoxy) is 4. The predicted octanol–water partition coefficient (Wildman–Crippen LogP) is 5.88. The van der Waals surface area contributed by atoms with Crippen LogP contribution in [0.15, 0.2) is 83.5 Å². The summed E-state index contributed by atoms with van der Waals surface area (Å²) in [7, 11) is 3.35. The molecular formula is C33H39N3O5. The smallest absolute Gasteiger partial charge is 0.298 e. The van der Waals surface area contributed by atoms with Crippen molar-refractivity contribution in [2.45, 2.75) is 32.5 Å². The normalized spacial score (nSPS) is 12.7. The molecule has 0 atom stereocenters. The number of hydrogen-bond donors (Lipinski definition) is 0. The molecule has 41 heavy (non-hydrogen) atoms. The van der Waals surface area contributed by atoms with Crippen LogP contribution in [0.4, 0.5) is 11.7 Å². The Kier molecular flexibility index (Phi) is 10.1. The van der Waals surface area contributed by atoms with Crippen molar-refractivity contribution >= 4 is 11.7 Å². The maximum absolute atomic E-state index is 5.91. The third-order valence-corrected chi connectivity index (χ3v) is 7.16. The fourth-order valence-electron chi connectivity index (χ4n) is 5.10. The highest BCUT2D eigenvalue weighted by molar-refractivity contribution is 5.55. The zero-order valence-corrected chi connectivity index (χ0v) is 24.0. The van der Waals surface area contributed by atoms with Crippen molar-refractivity contribution in [3.63, 3.8) is 0 Å². The Morgan fingerprint density at radius 3 is 2.27 bits per heavy atom. The topological polar surface area (TPSA) is 69.4 Å². The van der Waals surface area contributed by atoms with Crippen molar-refractivity contribution in [2.24, 2.45) is 0 Å². The van der Waals surface area contributed by atoms with Crippen LogP contribution in [0.25, 0.3) is 0 Å². The molecule has 8 heteroatoms. The summed E-state index contributed by atoms with van der Waals surface area (Å²) >= 11 is 0. The monoisotopic (exact) mass is 557 g/mol. The lowest BCUT2D eigenvalue weighted by atomic mass is 10.0. The van der Waals surface area contributed by atoms with Crippen LogP contribution in [0.2, 0.25) is 0 Å². The minimum Gasteiger partial charge on any atom is -0.497 e. The van der Waals surface area contributed by atoms with Crippen LogP contribution in [-0.4, -0.2) is 52.1 Å². The van der Waals surface area contributed by atoms with E-state index < -0.39 is 0 Å². The van der Waals surface area contributed by atoms with E-state index in [-0.39, 0.29) is 0 Å². The number of methoxy groups -OCH3 is 2. The molecule has 4 aromatic rings. The fourth-order valence-corrected chi connectivity index (χ4v) is 5.10. The molecule has 8 nitrogen and oxygen atoms in total. The van der Waals surface area contributed by atoms with Crippen LogP contribution in [0.5, 0.6) is 11.5 Å². The van der Waals surface area contributed by atoms with E-state index in [2.05, 4.69) is 46.2 Å². The molecule has 0 aliphatic carbocycles. The highest BCUT2D eigenvalue weighted by Crippen LogP contribution is 2.26. The molecule has 0 unspecified atom stereocenters. The molecule has 1 aliphatic heterocycles. The average molecular weight is 558 g/mol. The standard InChI is InChI=1S/C33H39N3O5/c1-37-30-12-5-8-26(20-30)22-36(23-27-9-6-13-31(21-27)38-2)33-34-29(25-41-33)24-40-19-18-39-17-16-35-15-7-11-28-10-3-4-14-32(28)35/h3-6,8-10,12-14,20-21,25H,7,11,15-19,22-24H2,1-2H3. The minimum absolute atomic E-state index is 0.360. The molecule has 5 rings (SSSR count). The van der Waals surface area contributed by atoms with Crippen molar-refractivity contribution < 1.29 is 23.4 Å². The van der Waals surface area contributed by atoms with Crippen molar-refractivity contribution in [3.05, 3.63) is 101 Å². The molecule has 0 spiro atoms. The minimum atomic E-state index is 0.360. The molecule has 1 aliphatic rings. The fraction of sp³-hybridized carbons (Fsp3) is 0.364. The van der Waals surface area contributed by atoms with Gasteiger partial charge in [-0.15, -0.1) is 0 Å². The van der Waals surface area contributed by atoms with E-state index in [9.17, 15) is 0 Å². The molecule has 2 heterocycles. The van der Waals surface area contributed by atoms with Crippen molar-refractivity contribution in [1.82, 2.24) is 4.98 Å². The number of aryl methyl sites for hydroxylation is 1. The summed E-state index contributed by atoms with van der Waals surface area (Å²) in [5, 5.41) is 0. The molecule has 3 aromatic carbocycles. The van der Waals surface area contributed by atoms with E-state index in [1.54, 1.807) is 20.5 Å². The Morgan fingerprint density at radius 2 is 1.54 bits per heavy atom. The van der Waals surface area contributed by atoms with Gasteiger partial charge in [-0.25, -0.2) is 0 Å². The van der Waals surface area contributed by atoms with E-state index in [0.29, 0.717) is 45.5 Å². The maximum atomic E-state index is 5.91. The van der Waals surface area contributed by atoms with E-state index >= 15 is 0 Å². The van der Waals surface area contributed by atoms with E-state index in [1.807, 2.05) is 36.4 Å². The number of benzene rings is 3. The third-order valence-electron chi connectivity index (χ3n) is 7.16. The third kappa shape index (κ3) is 8.02. The molecule has 216 valence electrons. The number of anilines is 2. The zero-order valence-electron chi connectivity index (χ0n) is 24.0. The van der Waals surface area contributed by atoms with E-state index in [0.717, 1.165) is 47.8 Å². The van der Waals surface area contributed by atoms with E-state index in [4.69, 9.17) is 28.3 Å². The van der Waals surface area contributed by atoms with Crippen molar-refractivity contribution in [2.75, 3.05) is 56.9 Å². The Labute approximate surface area is 242 Å². The Morgan fingerprint density at radius 1 is 0.829 bits per heavy atom. The number of oxazole rings is 1. The van der Waals surface area contributed by atoms with Gasteiger partial charge in [-0.3, -0.25) is 0 Å². The summed E-state index contributed by atoms with van der Waals surface area (Å²) in [6.45, 7) is 5.25. The number of para-hydroxylation sites is 1. The van der Waals surface area contributed by atoms with Gasteiger partial charge in [0.2, 0.25) is 0 Å². The predicted molar refractivity (Wildman–Crippen MR) is 160 cm³/mol. The maximum Gasteiger partial charge on any atom is 0.298 e. The van der Waals surface area contributed by atoms with Crippen LogP contribution in [0.3, 0.4) is 0 Å². The molecular weight excluding hydrogens is 518 g/mol. The summed E-state index contributed by atoms with van der Waals surface area (Å²) < 4.78 is 28.5. The van der Waals surface area contributed by atoms with Gasteiger partial charge >= 0.3 is 0 Å². The Balaban J connectivity index is 1.11. The van der Waals surface area contributed by atoms with Gasteiger partial charge in [0, 0.05) is 31.9 Å². The second-order valence-electron chi connectivity index (χ2n) is 10.1.